The molecule has 1 amide bonds. The molecular weight excluding hydrogens is 482 g/mol. The number of nitrogens with one attached hydrogen (secondary N) is 2. The van der Waals surface area contributed by atoms with Gasteiger partial charge in [-0.05, 0) is 37.5 Å². The number of esters is 2. The Morgan fingerprint density at radius 3 is 2.43 bits per heavy atom. The van der Waals surface area contributed by atoms with E-state index in [9.17, 15) is 24.5 Å². The van der Waals surface area contributed by atoms with Crippen LogP contribution in [0.4, 0.5) is 5.69 Å². The molecule has 0 aliphatic carbocycles. The van der Waals surface area contributed by atoms with Crippen molar-refractivity contribution in [3.63, 3.8) is 0 Å². The summed E-state index contributed by atoms with van der Waals surface area (Å²) in [4.78, 5) is 50.2. The summed E-state index contributed by atoms with van der Waals surface area (Å²) in [5.41, 5.74) is 1.26. The predicted octanol–water partition coefficient (Wildman–Crippen LogP) is 3.48. The molecule has 0 saturated carbocycles. The van der Waals surface area contributed by atoms with Gasteiger partial charge in [-0.1, -0.05) is 26.0 Å². The fourth-order valence-corrected chi connectivity index (χ4v) is 4.17. The van der Waals surface area contributed by atoms with Crippen LogP contribution in [0, 0.1) is 16.0 Å². The highest BCUT2D eigenvalue weighted by molar-refractivity contribution is 6.03. The number of dihydropyridines is 1. The lowest BCUT2D eigenvalue weighted by Gasteiger charge is -2.31. The fourth-order valence-electron chi connectivity index (χ4n) is 4.17. The van der Waals surface area contributed by atoms with E-state index in [1.54, 1.807) is 45.9 Å². The number of amides is 1. The Hall–Kier alpha value is -4.41. The molecule has 2 unspecified atom stereocenters. The molecule has 3 rings (SSSR count). The van der Waals surface area contributed by atoms with Crippen molar-refractivity contribution >= 4 is 23.5 Å². The lowest BCUT2D eigenvalue weighted by Crippen LogP contribution is -2.47. The second-order valence-electron chi connectivity index (χ2n) is 8.86. The van der Waals surface area contributed by atoms with Crippen LogP contribution >= 0.6 is 0 Å². The molecule has 2 N–H and O–H groups in total. The Balaban J connectivity index is 1.98. The normalized spacial score (nSPS) is 16.2. The third kappa shape index (κ3) is 6.05. The zero-order chi connectivity index (χ0) is 27.3. The number of carbonyl (C=O) groups excluding carboxylic acids is 3. The van der Waals surface area contributed by atoms with Gasteiger partial charge < -0.3 is 24.5 Å². The van der Waals surface area contributed by atoms with Crippen molar-refractivity contribution < 1.29 is 33.2 Å². The molecule has 0 spiro atoms. The lowest BCUT2D eigenvalue weighted by molar-refractivity contribution is -0.384. The molecule has 2 atom stereocenters. The molecule has 1 aromatic heterocycles. The van der Waals surface area contributed by atoms with Crippen molar-refractivity contribution in [3.05, 3.63) is 86.6 Å². The van der Waals surface area contributed by atoms with E-state index in [1.165, 1.54) is 31.6 Å². The first-order chi connectivity index (χ1) is 17.5. The SMILES string of the molecule is COC(=O)C1=C(C)NC(C)=C(C(=O)NC(C(=O)OCc2ccco2)C(C)C)C1c1cccc([N+](=O)[O-])c1. The van der Waals surface area contributed by atoms with Crippen molar-refractivity contribution in [2.45, 2.75) is 46.3 Å². The first-order valence-electron chi connectivity index (χ1n) is 11.6. The van der Waals surface area contributed by atoms with E-state index in [0.717, 1.165) is 0 Å². The molecule has 0 fully saturated rings. The molecule has 0 bridgehead atoms. The van der Waals surface area contributed by atoms with Crippen LogP contribution in [-0.4, -0.2) is 35.9 Å². The molecule has 0 saturated heterocycles. The third-order valence-electron chi connectivity index (χ3n) is 5.97. The number of allylic oxidation sites excluding steroid dienone is 2. The van der Waals surface area contributed by atoms with E-state index in [4.69, 9.17) is 13.9 Å². The van der Waals surface area contributed by atoms with Crippen LogP contribution in [0.5, 0.6) is 0 Å². The summed E-state index contributed by atoms with van der Waals surface area (Å²) in [7, 11) is 1.21. The number of ether oxygens (including phenoxy) is 2. The maximum atomic E-state index is 13.7. The Kier molecular flexibility index (Phi) is 8.49. The average Bonchev–Trinajstić information content (AvgIpc) is 3.38. The van der Waals surface area contributed by atoms with Gasteiger partial charge in [-0.2, -0.15) is 0 Å². The molecular formula is C26H29N3O8. The highest BCUT2D eigenvalue weighted by Gasteiger charge is 2.39. The standard InChI is InChI=1S/C26H29N3O8/c1-14(2)23(26(32)37-13-19-10-7-11-36-19)28-24(30)20-15(3)27-16(4)21(25(31)35-5)22(20)17-8-6-9-18(12-17)29(33)34/h6-12,14,22-23,27H,13H2,1-5H3,(H,28,30). The summed E-state index contributed by atoms with van der Waals surface area (Å²) in [6.07, 6.45) is 1.46. The van der Waals surface area contributed by atoms with Gasteiger partial charge in [0.1, 0.15) is 18.4 Å². The van der Waals surface area contributed by atoms with Crippen LogP contribution in [0.2, 0.25) is 0 Å². The highest BCUT2D eigenvalue weighted by Crippen LogP contribution is 2.39. The monoisotopic (exact) mass is 511 g/mol. The fraction of sp³-hybridized carbons (Fsp3) is 0.346. The molecule has 2 heterocycles. The summed E-state index contributed by atoms with van der Waals surface area (Å²) >= 11 is 0. The third-order valence-corrected chi connectivity index (χ3v) is 5.97. The van der Waals surface area contributed by atoms with Crippen molar-refractivity contribution in [2.75, 3.05) is 7.11 Å². The molecule has 1 aromatic carbocycles. The van der Waals surface area contributed by atoms with Crippen LogP contribution in [-0.2, 0) is 30.5 Å². The number of hydrogen-bond donors (Lipinski definition) is 2. The summed E-state index contributed by atoms with van der Waals surface area (Å²) < 4.78 is 15.5. The minimum absolute atomic E-state index is 0.0983. The number of nitro benzene ring substituents is 1. The number of furan rings is 1. The van der Waals surface area contributed by atoms with Crippen LogP contribution in [0.15, 0.2) is 69.6 Å². The number of nitro groups is 1. The number of nitrogens with zero attached hydrogens (tertiary/aromatic N) is 1. The van der Waals surface area contributed by atoms with Gasteiger partial charge in [0, 0.05) is 29.1 Å². The summed E-state index contributed by atoms with van der Waals surface area (Å²) in [5, 5.41) is 17.2. The van der Waals surface area contributed by atoms with Gasteiger partial charge in [-0.15, -0.1) is 0 Å². The summed E-state index contributed by atoms with van der Waals surface area (Å²) in [6.45, 7) is 6.70. The Bertz CT molecular complexity index is 1260. The Morgan fingerprint density at radius 2 is 1.84 bits per heavy atom. The van der Waals surface area contributed by atoms with Crippen molar-refractivity contribution in [3.8, 4) is 0 Å². The second kappa shape index (κ2) is 11.5. The summed E-state index contributed by atoms with van der Waals surface area (Å²) in [5.74, 6) is -2.86. The minimum Gasteiger partial charge on any atom is -0.466 e. The molecule has 11 nitrogen and oxygen atoms in total. The van der Waals surface area contributed by atoms with E-state index in [-0.39, 0.29) is 29.4 Å². The largest absolute Gasteiger partial charge is 0.466 e. The number of non-ortho nitro benzene ring substituents is 1. The second-order valence-corrected chi connectivity index (χ2v) is 8.86. The molecule has 1 aliphatic rings. The van der Waals surface area contributed by atoms with Crippen LogP contribution < -0.4 is 10.6 Å². The van der Waals surface area contributed by atoms with Crippen LogP contribution in [0.25, 0.3) is 0 Å². The molecule has 11 heteroatoms. The van der Waals surface area contributed by atoms with E-state index in [2.05, 4.69) is 10.6 Å². The quantitative estimate of drug-likeness (QED) is 0.293. The number of hydrogen-bond acceptors (Lipinski definition) is 9. The first-order valence-corrected chi connectivity index (χ1v) is 11.6. The zero-order valence-corrected chi connectivity index (χ0v) is 21.2. The highest BCUT2D eigenvalue weighted by atomic mass is 16.6. The Labute approximate surface area is 213 Å². The topological polar surface area (TPSA) is 150 Å². The number of methoxy groups -OCH3 is 1. The molecule has 2 aromatic rings. The van der Waals surface area contributed by atoms with Crippen molar-refractivity contribution in [1.82, 2.24) is 10.6 Å². The number of rotatable bonds is 9. The maximum Gasteiger partial charge on any atom is 0.336 e. The Morgan fingerprint density at radius 1 is 1.14 bits per heavy atom. The first kappa shape index (κ1) is 27.2. The van der Waals surface area contributed by atoms with Crippen molar-refractivity contribution in [1.29, 1.82) is 0 Å². The van der Waals surface area contributed by atoms with E-state index in [1.807, 2.05) is 0 Å². The van der Waals surface area contributed by atoms with Gasteiger partial charge in [-0.25, -0.2) is 9.59 Å². The molecule has 1 aliphatic heterocycles. The van der Waals surface area contributed by atoms with Gasteiger partial charge in [0.25, 0.3) is 11.6 Å². The van der Waals surface area contributed by atoms with Crippen molar-refractivity contribution in [2.24, 2.45) is 5.92 Å². The lowest BCUT2D eigenvalue weighted by atomic mass is 9.79. The number of carbonyl (C=O) groups is 3. The minimum atomic E-state index is -1.01. The molecule has 37 heavy (non-hydrogen) atoms. The average molecular weight is 512 g/mol. The van der Waals surface area contributed by atoms with Gasteiger partial charge in [0.05, 0.1) is 29.8 Å². The molecule has 196 valence electrons. The van der Waals surface area contributed by atoms with Gasteiger partial charge in [0.2, 0.25) is 0 Å². The van der Waals surface area contributed by atoms with E-state index >= 15 is 0 Å². The van der Waals surface area contributed by atoms with Crippen LogP contribution in [0.3, 0.4) is 0 Å². The maximum absolute atomic E-state index is 13.7. The summed E-state index contributed by atoms with van der Waals surface area (Å²) in [6, 6.07) is 8.01. The molecule has 0 radical (unpaired) electrons. The number of benzene rings is 1. The van der Waals surface area contributed by atoms with Gasteiger partial charge in [-0.3, -0.25) is 14.9 Å². The predicted molar refractivity (Wildman–Crippen MR) is 132 cm³/mol. The van der Waals surface area contributed by atoms with Crippen LogP contribution in [0.1, 0.15) is 44.9 Å². The van der Waals surface area contributed by atoms with E-state index in [0.29, 0.717) is 22.7 Å². The van der Waals surface area contributed by atoms with E-state index < -0.39 is 34.7 Å². The zero-order valence-electron chi connectivity index (χ0n) is 21.2. The van der Waals surface area contributed by atoms with Gasteiger partial charge in [0.15, 0.2) is 0 Å². The van der Waals surface area contributed by atoms with Gasteiger partial charge >= 0.3 is 11.9 Å². The smallest absolute Gasteiger partial charge is 0.336 e.